The van der Waals surface area contributed by atoms with Crippen LogP contribution in [0.2, 0.25) is 0 Å². The number of carboxylic acid groups (broad SMARTS) is 1. The SMILES string of the molecule is CCn1c(C(=O)O)cc(=O)c2ccc(F)cc21. The van der Waals surface area contributed by atoms with Crippen molar-refractivity contribution in [1.29, 1.82) is 0 Å². The maximum Gasteiger partial charge on any atom is 0.352 e. The van der Waals surface area contributed by atoms with E-state index in [2.05, 4.69) is 0 Å². The van der Waals surface area contributed by atoms with E-state index in [1.807, 2.05) is 0 Å². The topological polar surface area (TPSA) is 59.3 Å². The molecule has 1 aromatic carbocycles. The molecule has 0 fully saturated rings. The number of hydrogen-bond donors (Lipinski definition) is 1. The Morgan fingerprint density at radius 3 is 2.71 bits per heavy atom. The van der Waals surface area contributed by atoms with Crippen LogP contribution in [0.5, 0.6) is 0 Å². The van der Waals surface area contributed by atoms with Crippen molar-refractivity contribution in [3.05, 3.63) is 46.0 Å². The van der Waals surface area contributed by atoms with E-state index >= 15 is 0 Å². The van der Waals surface area contributed by atoms with Gasteiger partial charge in [0, 0.05) is 18.0 Å². The van der Waals surface area contributed by atoms with Gasteiger partial charge in [0.1, 0.15) is 11.5 Å². The molecule has 0 spiro atoms. The summed E-state index contributed by atoms with van der Waals surface area (Å²) in [5.74, 6) is -1.70. The lowest BCUT2D eigenvalue weighted by molar-refractivity contribution is 0.0685. The van der Waals surface area contributed by atoms with Crippen LogP contribution in [0, 0.1) is 5.82 Å². The van der Waals surface area contributed by atoms with Gasteiger partial charge >= 0.3 is 5.97 Å². The number of nitrogens with zero attached hydrogens (tertiary/aromatic N) is 1. The van der Waals surface area contributed by atoms with Crippen LogP contribution in [-0.4, -0.2) is 15.6 Å². The lowest BCUT2D eigenvalue weighted by Gasteiger charge is -2.12. The number of fused-ring (bicyclic) bond motifs is 1. The van der Waals surface area contributed by atoms with Crippen molar-refractivity contribution in [3.8, 4) is 0 Å². The number of hydrogen-bond acceptors (Lipinski definition) is 2. The summed E-state index contributed by atoms with van der Waals surface area (Å²) in [5, 5.41) is 9.31. The fourth-order valence-corrected chi connectivity index (χ4v) is 1.86. The van der Waals surface area contributed by atoms with Crippen molar-refractivity contribution in [1.82, 2.24) is 4.57 Å². The third-order valence-electron chi connectivity index (χ3n) is 2.61. The first-order chi connectivity index (χ1) is 8.04. The standard InChI is InChI=1S/C12H10FNO3/c1-2-14-9-5-7(13)3-4-8(9)11(15)6-10(14)12(16)17/h3-6H,2H2,1H3,(H,16,17). The van der Waals surface area contributed by atoms with Crippen LogP contribution in [0.1, 0.15) is 17.4 Å². The Hall–Kier alpha value is -2.17. The van der Waals surface area contributed by atoms with Crippen molar-refractivity contribution < 1.29 is 14.3 Å². The molecule has 0 aliphatic rings. The number of benzene rings is 1. The van der Waals surface area contributed by atoms with E-state index in [0.717, 1.165) is 6.07 Å². The van der Waals surface area contributed by atoms with Gasteiger partial charge in [-0.25, -0.2) is 9.18 Å². The Labute approximate surface area is 95.9 Å². The molecule has 5 heteroatoms. The summed E-state index contributed by atoms with van der Waals surface area (Å²) >= 11 is 0. The second-order valence-corrected chi connectivity index (χ2v) is 3.60. The van der Waals surface area contributed by atoms with E-state index < -0.39 is 17.2 Å². The molecule has 0 unspecified atom stereocenters. The molecule has 0 saturated carbocycles. The highest BCUT2D eigenvalue weighted by Gasteiger charge is 2.13. The zero-order chi connectivity index (χ0) is 12.6. The molecule has 17 heavy (non-hydrogen) atoms. The number of carboxylic acids is 1. The highest BCUT2D eigenvalue weighted by Crippen LogP contribution is 2.15. The van der Waals surface area contributed by atoms with Gasteiger partial charge in [0.2, 0.25) is 0 Å². The maximum absolute atomic E-state index is 13.2. The summed E-state index contributed by atoms with van der Waals surface area (Å²) < 4.78 is 14.6. The van der Waals surface area contributed by atoms with Crippen LogP contribution in [-0.2, 0) is 6.54 Å². The molecule has 0 radical (unpaired) electrons. The zero-order valence-electron chi connectivity index (χ0n) is 9.11. The lowest BCUT2D eigenvalue weighted by atomic mass is 10.1. The van der Waals surface area contributed by atoms with Crippen molar-refractivity contribution >= 4 is 16.9 Å². The second-order valence-electron chi connectivity index (χ2n) is 3.60. The number of carbonyl (C=O) groups is 1. The summed E-state index contributed by atoms with van der Waals surface area (Å²) in [6.07, 6.45) is 0. The Kier molecular flexibility index (Phi) is 2.67. The molecule has 0 aliphatic heterocycles. The molecule has 0 atom stereocenters. The molecule has 2 aromatic rings. The van der Waals surface area contributed by atoms with E-state index in [1.54, 1.807) is 6.92 Å². The molecular weight excluding hydrogens is 225 g/mol. The third-order valence-corrected chi connectivity index (χ3v) is 2.61. The van der Waals surface area contributed by atoms with Gasteiger partial charge in [0.15, 0.2) is 5.43 Å². The summed E-state index contributed by atoms with van der Waals surface area (Å²) in [7, 11) is 0. The van der Waals surface area contributed by atoms with E-state index in [9.17, 15) is 14.0 Å². The molecule has 1 aromatic heterocycles. The number of halogens is 1. The molecular formula is C12H10FNO3. The molecule has 4 nitrogen and oxygen atoms in total. The lowest BCUT2D eigenvalue weighted by Crippen LogP contribution is -2.17. The Balaban J connectivity index is 2.98. The van der Waals surface area contributed by atoms with Crippen LogP contribution in [0.25, 0.3) is 10.9 Å². The summed E-state index contributed by atoms with van der Waals surface area (Å²) in [6, 6.07) is 4.79. The molecule has 88 valence electrons. The van der Waals surface area contributed by atoms with Gasteiger partial charge in [0.05, 0.1) is 5.52 Å². The average Bonchev–Trinajstić information content (AvgIpc) is 2.28. The number of pyridine rings is 1. The fourth-order valence-electron chi connectivity index (χ4n) is 1.86. The minimum atomic E-state index is -1.20. The number of rotatable bonds is 2. The summed E-state index contributed by atoms with van der Waals surface area (Å²) in [6.45, 7) is 2.09. The predicted molar refractivity (Wildman–Crippen MR) is 60.8 cm³/mol. The number of aromatic carboxylic acids is 1. The molecule has 2 rings (SSSR count). The highest BCUT2D eigenvalue weighted by molar-refractivity contribution is 5.90. The Bertz CT molecular complexity index is 661. The largest absolute Gasteiger partial charge is 0.477 e. The monoisotopic (exact) mass is 235 g/mol. The van der Waals surface area contributed by atoms with Crippen LogP contribution in [0.3, 0.4) is 0 Å². The van der Waals surface area contributed by atoms with Crippen molar-refractivity contribution in [3.63, 3.8) is 0 Å². The quantitative estimate of drug-likeness (QED) is 0.864. The summed E-state index contributed by atoms with van der Waals surface area (Å²) in [5.41, 5.74) is -0.241. The molecule has 1 heterocycles. The first kappa shape index (κ1) is 11.3. The maximum atomic E-state index is 13.2. The van der Waals surface area contributed by atoms with E-state index in [0.29, 0.717) is 17.4 Å². The van der Waals surface area contributed by atoms with E-state index in [4.69, 9.17) is 5.11 Å². The number of aromatic nitrogens is 1. The van der Waals surface area contributed by atoms with Gasteiger partial charge in [0.25, 0.3) is 0 Å². The minimum absolute atomic E-state index is 0.129. The average molecular weight is 235 g/mol. The van der Waals surface area contributed by atoms with Crippen molar-refractivity contribution in [2.75, 3.05) is 0 Å². The molecule has 0 aliphatic carbocycles. The van der Waals surface area contributed by atoms with Crippen LogP contribution in [0.4, 0.5) is 4.39 Å². The summed E-state index contributed by atoms with van der Waals surface area (Å²) in [4.78, 5) is 22.7. The van der Waals surface area contributed by atoms with Gasteiger partial charge in [-0.3, -0.25) is 4.79 Å². The van der Waals surface area contributed by atoms with Gasteiger partial charge in [-0.15, -0.1) is 0 Å². The van der Waals surface area contributed by atoms with E-state index in [-0.39, 0.29) is 5.69 Å². The second kappa shape index (κ2) is 4.01. The third kappa shape index (κ3) is 1.80. The van der Waals surface area contributed by atoms with Crippen molar-refractivity contribution in [2.24, 2.45) is 0 Å². The minimum Gasteiger partial charge on any atom is -0.477 e. The van der Waals surface area contributed by atoms with Crippen LogP contribution < -0.4 is 5.43 Å². The Morgan fingerprint density at radius 2 is 2.12 bits per heavy atom. The highest BCUT2D eigenvalue weighted by atomic mass is 19.1. The predicted octanol–water partition coefficient (Wildman–Crippen LogP) is 1.86. The van der Waals surface area contributed by atoms with Gasteiger partial charge in [-0.05, 0) is 25.1 Å². The first-order valence-corrected chi connectivity index (χ1v) is 5.11. The van der Waals surface area contributed by atoms with Gasteiger partial charge in [-0.1, -0.05) is 0 Å². The Morgan fingerprint density at radius 1 is 1.41 bits per heavy atom. The van der Waals surface area contributed by atoms with Gasteiger partial charge < -0.3 is 9.67 Å². The zero-order valence-corrected chi connectivity index (χ0v) is 9.11. The van der Waals surface area contributed by atoms with Crippen LogP contribution in [0.15, 0.2) is 29.1 Å². The molecule has 0 bridgehead atoms. The van der Waals surface area contributed by atoms with E-state index in [1.165, 1.54) is 22.8 Å². The molecule has 0 saturated heterocycles. The normalized spacial score (nSPS) is 10.7. The van der Waals surface area contributed by atoms with Gasteiger partial charge in [-0.2, -0.15) is 0 Å². The molecule has 1 N–H and O–H groups in total. The first-order valence-electron chi connectivity index (χ1n) is 5.11. The smallest absolute Gasteiger partial charge is 0.352 e. The molecule has 0 amide bonds. The van der Waals surface area contributed by atoms with Crippen molar-refractivity contribution in [2.45, 2.75) is 13.5 Å². The van der Waals surface area contributed by atoms with Crippen LogP contribution >= 0.6 is 0 Å². The fraction of sp³-hybridized carbons (Fsp3) is 0.167. The number of aryl methyl sites for hydroxylation is 1.